The Morgan fingerprint density at radius 1 is 1.57 bits per heavy atom. The first-order valence-electron chi connectivity index (χ1n) is 5.09. The van der Waals surface area contributed by atoms with E-state index in [9.17, 15) is 0 Å². The fraction of sp³-hybridized carbons (Fsp3) is 0.545. The number of fused-ring (bicyclic) bond motifs is 1. The van der Waals surface area contributed by atoms with E-state index in [-0.39, 0.29) is 0 Å². The summed E-state index contributed by atoms with van der Waals surface area (Å²) in [7, 11) is 0. The Balaban J connectivity index is 2.10. The average molecular weight is 189 g/mol. The number of hydrogen-bond acceptors (Lipinski definition) is 2. The second-order valence-corrected chi connectivity index (χ2v) is 3.75. The van der Waals surface area contributed by atoms with Crippen LogP contribution in [-0.4, -0.2) is 22.6 Å². The zero-order valence-electron chi connectivity index (χ0n) is 8.48. The summed E-state index contributed by atoms with van der Waals surface area (Å²) in [5.74, 6) is 0. The van der Waals surface area contributed by atoms with E-state index >= 15 is 0 Å². The van der Waals surface area contributed by atoms with Crippen molar-refractivity contribution in [2.75, 3.05) is 13.1 Å². The van der Waals surface area contributed by atoms with E-state index in [1.54, 1.807) is 0 Å². The Bertz CT molecular complexity index is 348. The standard InChI is InChI=1S/C11H15N3/c1-10-11-4-2-6-14(11)9-8-13(10)7-3-5-12/h2,4,6,10H,3,7-9H2,1H3. The summed E-state index contributed by atoms with van der Waals surface area (Å²) in [6.45, 7) is 5.22. The third kappa shape index (κ3) is 1.53. The average Bonchev–Trinajstić information content (AvgIpc) is 2.66. The molecule has 2 rings (SSSR count). The van der Waals surface area contributed by atoms with Crippen molar-refractivity contribution < 1.29 is 0 Å². The van der Waals surface area contributed by atoms with Crippen LogP contribution >= 0.6 is 0 Å². The molecular weight excluding hydrogens is 174 g/mol. The van der Waals surface area contributed by atoms with Gasteiger partial charge in [0.25, 0.3) is 0 Å². The number of nitriles is 1. The van der Waals surface area contributed by atoms with Gasteiger partial charge in [0.05, 0.1) is 6.07 Å². The minimum atomic E-state index is 0.451. The first-order chi connectivity index (χ1) is 6.83. The van der Waals surface area contributed by atoms with Crippen molar-refractivity contribution in [3.63, 3.8) is 0 Å². The van der Waals surface area contributed by atoms with Crippen molar-refractivity contribution in [1.82, 2.24) is 9.47 Å². The van der Waals surface area contributed by atoms with Gasteiger partial charge in [0.2, 0.25) is 0 Å². The van der Waals surface area contributed by atoms with Gasteiger partial charge in [-0.1, -0.05) is 0 Å². The smallest absolute Gasteiger partial charge is 0.0635 e. The van der Waals surface area contributed by atoms with Crippen LogP contribution in [0.4, 0.5) is 0 Å². The second-order valence-electron chi connectivity index (χ2n) is 3.75. The molecule has 1 aromatic heterocycles. The van der Waals surface area contributed by atoms with E-state index in [1.807, 2.05) is 0 Å². The lowest BCUT2D eigenvalue weighted by Gasteiger charge is -2.34. The summed E-state index contributed by atoms with van der Waals surface area (Å²) in [5.41, 5.74) is 1.37. The summed E-state index contributed by atoms with van der Waals surface area (Å²) >= 11 is 0. The van der Waals surface area contributed by atoms with Gasteiger partial charge in [-0.3, -0.25) is 4.90 Å². The summed E-state index contributed by atoms with van der Waals surface area (Å²) in [4.78, 5) is 2.37. The monoisotopic (exact) mass is 189 g/mol. The maximum atomic E-state index is 8.56. The van der Waals surface area contributed by atoms with Crippen molar-refractivity contribution in [2.45, 2.75) is 25.9 Å². The maximum absolute atomic E-state index is 8.56. The highest BCUT2D eigenvalue weighted by atomic mass is 15.2. The summed E-state index contributed by atoms with van der Waals surface area (Å²) in [6, 6.07) is 6.92. The number of rotatable bonds is 2. The maximum Gasteiger partial charge on any atom is 0.0635 e. The molecule has 0 amide bonds. The van der Waals surface area contributed by atoms with Gasteiger partial charge < -0.3 is 4.57 Å². The second kappa shape index (κ2) is 3.85. The fourth-order valence-electron chi connectivity index (χ4n) is 2.13. The van der Waals surface area contributed by atoms with E-state index in [2.05, 4.69) is 40.8 Å². The van der Waals surface area contributed by atoms with Crippen LogP contribution < -0.4 is 0 Å². The molecule has 1 unspecified atom stereocenters. The molecule has 74 valence electrons. The van der Waals surface area contributed by atoms with Gasteiger partial charge in [-0.2, -0.15) is 5.26 Å². The summed E-state index contributed by atoms with van der Waals surface area (Å²) in [5, 5.41) is 8.56. The van der Waals surface area contributed by atoms with Crippen LogP contribution in [0.3, 0.4) is 0 Å². The molecule has 3 nitrogen and oxygen atoms in total. The first-order valence-corrected chi connectivity index (χ1v) is 5.09. The molecule has 1 aromatic rings. The Labute approximate surface area is 84.6 Å². The molecule has 0 saturated carbocycles. The van der Waals surface area contributed by atoms with Crippen LogP contribution in [0.2, 0.25) is 0 Å². The van der Waals surface area contributed by atoms with E-state index in [0.717, 1.165) is 19.6 Å². The SMILES string of the molecule is CC1c2cccn2CCN1CCC#N. The lowest BCUT2D eigenvalue weighted by Crippen LogP contribution is -2.36. The highest BCUT2D eigenvalue weighted by Crippen LogP contribution is 2.24. The highest BCUT2D eigenvalue weighted by molar-refractivity contribution is 5.13. The van der Waals surface area contributed by atoms with Crippen LogP contribution in [0.1, 0.15) is 25.1 Å². The van der Waals surface area contributed by atoms with Crippen molar-refractivity contribution in [2.24, 2.45) is 0 Å². The zero-order chi connectivity index (χ0) is 9.97. The Kier molecular flexibility index (Phi) is 2.55. The lowest BCUT2D eigenvalue weighted by atomic mass is 10.1. The molecule has 0 fully saturated rings. The summed E-state index contributed by atoms with van der Waals surface area (Å²) in [6.07, 6.45) is 2.76. The molecule has 0 aliphatic carbocycles. The predicted molar refractivity (Wildman–Crippen MR) is 54.7 cm³/mol. The van der Waals surface area contributed by atoms with Crippen LogP contribution in [0, 0.1) is 11.3 Å². The predicted octanol–water partition coefficient (Wildman–Crippen LogP) is 1.78. The van der Waals surface area contributed by atoms with Crippen LogP contribution in [0.5, 0.6) is 0 Å². The molecular formula is C11H15N3. The van der Waals surface area contributed by atoms with Gasteiger partial charge in [-0.15, -0.1) is 0 Å². The summed E-state index contributed by atoms with van der Waals surface area (Å²) < 4.78 is 2.30. The zero-order valence-corrected chi connectivity index (χ0v) is 8.48. The third-order valence-corrected chi connectivity index (χ3v) is 2.98. The van der Waals surface area contributed by atoms with E-state index < -0.39 is 0 Å². The number of aromatic nitrogens is 1. The molecule has 0 aromatic carbocycles. The quantitative estimate of drug-likeness (QED) is 0.710. The number of nitrogens with zero attached hydrogens (tertiary/aromatic N) is 3. The molecule has 3 heteroatoms. The molecule has 2 heterocycles. The van der Waals surface area contributed by atoms with Crippen LogP contribution in [-0.2, 0) is 6.54 Å². The molecule has 1 atom stereocenters. The van der Waals surface area contributed by atoms with Gasteiger partial charge >= 0.3 is 0 Å². The highest BCUT2D eigenvalue weighted by Gasteiger charge is 2.22. The van der Waals surface area contributed by atoms with Crippen LogP contribution in [0.15, 0.2) is 18.3 Å². The molecule has 14 heavy (non-hydrogen) atoms. The van der Waals surface area contributed by atoms with E-state index in [4.69, 9.17) is 5.26 Å². The fourth-order valence-corrected chi connectivity index (χ4v) is 2.13. The Hall–Kier alpha value is -1.27. The lowest BCUT2D eigenvalue weighted by molar-refractivity contribution is 0.173. The Morgan fingerprint density at radius 3 is 3.21 bits per heavy atom. The molecule has 0 radical (unpaired) electrons. The van der Waals surface area contributed by atoms with Crippen molar-refractivity contribution in [1.29, 1.82) is 5.26 Å². The molecule has 0 N–H and O–H groups in total. The number of hydrogen-bond donors (Lipinski definition) is 0. The normalized spacial score (nSPS) is 21.6. The molecule has 1 aliphatic rings. The minimum Gasteiger partial charge on any atom is -0.349 e. The van der Waals surface area contributed by atoms with Crippen molar-refractivity contribution >= 4 is 0 Å². The van der Waals surface area contributed by atoms with E-state index in [0.29, 0.717) is 12.5 Å². The molecule has 0 bridgehead atoms. The minimum absolute atomic E-state index is 0.451. The van der Waals surface area contributed by atoms with Crippen molar-refractivity contribution in [3.05, 3.63) is 24.0 Å². The van der Waals surface area contributed by atoms with Crippen molar-refractivity contribution in [3.8, 4) is 6.07 Å². The van der Waals surface area contributed by atoms with Crippen LogP contribution in [0.25, 0.3) is 0 Å². The largest absolute Gasteiger partial charge is 0.349 e. The van der Waals surface area contributed by atoms with Gasteiger partial charge in [0.1, 0.15) is 0 Å². The van der Waals surface area contributed by atoms with Gasteiger partial charge in [-0.05, 0) is 19.1 Å². The van der Waals surface area contributed by atoms with E-state index in [1.165, 1.54) is 5.69 Å². The Morgan fingerprint density at radius 2 is 2.43 bits per heavy atom. The third-order valence-electron chi connectivity index (χ3n) is 2.98. The molecule has 1 aliphatic heterocycles. The van der Waals surface area contributed by atoms with Gasteiger partial charge in [0.15, 0.2) is 0 Å². The van der Waals surface area contributed by atoms with Gasteiger partial charge in [0, 0.05) is 44.0 Å². The first kappa shape index (κ1) is 9.29. The topological polar surface area (TPSA) is 32.0 Å². The van der Waals surface area contributed by atoms with Gasteiger partial charge in [-0.25, -0.2) is 0 Å². The molecule has 0 saturated heterocycles. The molecule has 0 spiro atoms.